The summed E-state index contributed by atoms with van der Waals surface area (Å²) in [5.74, 6) is 1.65. The lowest BCUT2D eigenvalue weighted by molar-refractivity contribution is 0.186. The first-order valence-electron chi connectivity index (χ1n) is 9.03. The number of aryl methyl sites for hydroxylation is 1. The van der Waals surface area contributed by atoms with E-state index in [9.17, 15) is 0 Å². The van der Waals surface area contributed by atoms with Gasteiger partial charge < -0.3 is 19.9 Å². The number of nitrogens with zero attached hydrogens (tertiary/aromatic N) is 3. The van der Waals surface area contributed by atoms with Crippen molar-refractivity contribution in [2.45, 2.75) is 20.3 Å². The molecule has 5 heteroatoms. The Hall–Kier alpha value is -1.75. The highest BCUT2D eigenvalue weighted by molar-refractivity contribution is 5.80. The van der Waals surface area contributed by atoms with E-state index in [0.717, 1.165) is 58.3 Å². The summed E-state index contributed by atoms with van der Waals surface area (Å²) >= 11 is 0. The summed E-state index contributed by atoms with van der Waals surface area (Å²) in [5, 5.41) is 3.53. The molecule has 0 aliphatic carbocycles. The summed E-state index contributed by atoms with van der Waals surface area (Å²) in [4.78, 5) is 9.34. The van der Waals surface area contributed by atoms with Crippen LogP contribution in [0.3, 0.4) is 0 Å². The van der Waals surface area contributed by atoms with Crippen molar-refractivity contribution < 1.29 is 4.74 Å². The van der Waals surface area contributed by atoms with Gasteiger partial charge in [-0.25, -0.2) is 0 Å². The standard InChI is InChI=1S/C19H30N4O/c1-15-5-4-6-18(16(15)2)22-8-10-23(11-9-22)19(20-3)21-13-17-7-12-24-14-17/h4-6,17H,7-14H2,1-3H3,(H,20,21). The maximum absolute atomic E-state index is 5.45. The van der Waals surface area contributed by atoms with E-state index < -0.39 is 0 Å². The van der Waals surface area contributed by atoms with Crippen LogP contribution in [0.1, 0.15) is 17.5 Å². The van der Waals surface area contributed by atoms with Crippen LogP contribution in [0.4, 0.5) is 5.69 Å². The van der Waals surface area contributed by atoms with Gasteiger partial charge in [-0.1, -0.05) is 12.1 Å². The molecule has 0 amide bonds. The molecule has 1 aromatic rings. The smallest absolute Gasteiger partial charge is 0.193 e. The van der Waals surface area contributed by atoms with Crippen LogP contribution in [0.25, 0.3) is 0 Å². The lowest BCUT2D eigenvalue weighted by Gasteiger charge is -2.38. The molecule has 0 saturated carbocycles. The van der Waals surface area contributed by atoms with Gasteiger partial charge in [0.25, 0.3) is 0 Å². The van der Waals surface area contributed by atoms with Crippen molar-refractivity contribution in [3.8, 4) is 0 Å². The van der Waals surface area contributed by atoms with Crippen LogP contribution in [0.15, 0.2) is 23.2 Å². The van der Waals surface area contributed by atoms with E-state index >= 15 is 0 Å². The summed E-state index contributed by atoms with van der Waals surface area (Å²) in [6.45, 7) is 11.3. The molecule has 132 valence electrons. The van der Waals surface area contributed by atoms with Crippen LogP contribution in [0.2, 0.25) is 0 Å². The van der Waals surface area contributed by atoms with Crippen molar-refractivity contribution in [3.05, 3.63) is 29.3 Å². The van der Waals surface area contributed by atoms with Gasteiger partial charge in [-0.05, 0) is 37.5 Å². The number of ether oxygens (including phenoxy) is 1. The fraction of sp³-hybridized carbons (Fsp3) is 0.632. The average Bonchev–Trinajstić information content (AvgIpc) is 3.12. The second-order valence-corrected chi connectivity index (χ2v) is 6.85. The number of hydrogen-bond donors (Lipinski definition) is 1. The van der Waals surface area contributed by atoms with Crippen LogP contribution >= 0.6 is 0 Å². The van der Waals surface area contributed by atoms with Gasteiger partial charge in [0, 0.05) is 58.0 Å². The number of aliphatic imine (C=N–C) groups is 1. The highest BCUT2D eigenvalue weighted by Crippen LogP contribution is 2.23. The van der Waals surface area contributed by atoms with Gasteiger partial charge in [0.05, 0.1) is 6.61 Å². The van der Waals surface area contributed by atoms with Gasteiger partial charge in [-0.3, -0.25) is 4.99 Å². The van der Waals surface area contributed by atoms with E-state index in [0.29, 0.717) is 5.92 Å². The SMILES string of the molecule is CN=C(NCC1CCOC1)N1CCN(c2cccc(C)c2C)CC1. The molecule has 2 saturated heterocycles. The Kier molecular flexibility index (Phi) is 5.61. The number of rotatable bonds is 3. The molecule has 1 unspecified atom stereocenters. The maximum Gasteiger partial charge on any atom is 0.193 e. The summed E-state index contributed by atoms with van der Waals surface area (Å²) in [6.07, 6.45) is 1.16. The number of benzene rings is 1. The lowest BCUT2D eigenvalue weighted by Crippen LogP contribution is -2.53. The van der Waals surface area contributed by atoms with Crippen molar-refractivity contribution in [1.29, 1.82) is 0 Å². The van der Waals surface area contributed by atoms with Crippen molar-refractivity contribution >= 4 is 11.6 Å². The quantitative estimate of drug-likeness (QED) is 0.680. The molecule has 24 heavy (non-hydrogen) atoms. The van der Waals surface area contributed by atoms with Crippen LogP contribution in [0.5, 0.6) is 0 Å². The minimum absolute atomic E-state index is 0.623. The molecule has 2 aliphatic rings. The summed E-state index contributed by atoms with van der Waals surface area (Å²) in [5.41, 5.74) is 4.14. The fourth-order valence-corrected chi connectivity index (χ4v) is 3.55. The first-order chi connectivity index (χ1) is 11.7. The molecule has 2 fully saturated rings. The minimum Gasteiger partial charge on any atom is -0.381 e. The van der Waals surface area contributed by atoms with Crippen LogP contribution < -0.4 is 10.2 Å². The van der Waals surface area contributed by atoms with E-state index in [1.165, 1.54) is 16.8 Å². The number of guanidine groups is 1. The Labute approximate surface area is 145 Å². The molecule has 3 rings (SSSR count). The topological polar surface area (TPSA) is 40.1 Å². The molecule has 0 spiro atoms. The minimum atomic E-state index is 0.623. The van der Waals surface area contributed by atoms with Gasteiger partial charge in [0.2, 0.25) is 0 Å². The summed E-state index contributed by atoms with van der Waals surface area (Å²) < 4.78 is 5.45. The molecule has 0 radical (unpaired) electrons. The molecule has 1 N–H and O–H groups in total. The Bertz CT molecular complexity index is 573. The Morgan fingerprint density at radius 1 is 1.25 bits per heavy atom. The normalized spacial score (nSPS) is 22.1. The molecule has 2 heterocycles. The van der Waals surface area contributed by atoms with Gasteiger partial charge in [0.1, 0.15) is 0 Å². The Balaban J connectivity index is 1.54. The number of nitrogens with one attached hydrogen (secondary N) is 1. The van der Waals surface area contributed by atoms with Gasteiger partial charge in [0.15, 0.2) is 5.96 Å². The van der Waals surface area contributed by atoms with Crippen LogP contribution in [-0.4, -0.2) is 63.8 Å². The zero-order valence-corrected chi connectivity index (χ0v) is 15.2. The predicted molar refractivity (Wildman–Crippen MR) is 100.0 cm³/mol. The van der Waals surface area contributed by atoms with Gasteiger partial charge >= 0.3 is 0 Å². The second kappa shape index (κ2) is 7.88. The fourth-order valence-electron chi connectivity index (χ4n) is 3.55. The first-order valence-corrected chi connectivity index (χ1v) is 9.03. The van der Waals surface area contributed by atoms with Gasteiger partial charge in [-0.2, -0.15) is 0 Å². The highest BCUT2D eigenvalue weighted by atomic mass is 16.5. The second-order valence-electron chi connectivity index (χ2n) is 6.85. The first kappa shape index (κ1) is 17.1. The van der Waals surface area contributed by atoms with Crippen molar-refractivity contribution in [2.75, 3.05) is 57.9 Å². The molecule has 0 bridgehead atoms. The summed E-state index contributed by atoms with van der Waals surface area (Å²) in [6, 6.07) is 6.59. The zero-order chi connectivity index (χ0) is 16.9. The van der Waals surface area contributed by atoms with E-state index in [1.54, 1.807) is 0 Å². The highest BCUT2D eigenvalue weighted by Gasteiger charge is 2.22. The van der Waals surface area contributed by atoms with Crippen molar-refractivity contribution in [3.63, 3.8) is 0 Å². The average molecular weight is 330 g/mol. The zero-order valence-electron chi connectivity index (χ0n) is 15.2. The Morgan fingerprint density at radius 3 is 2.71 bits per heavy atom. The Morgan fingerprint density at radius 2 is 2.04 bits per heavy atom. The van der Waals surface area contributed by atoms with Crippen molar-refractivity contribution in [1.82, 2.24) is 10.2 Å². The van der Waals surface area contributed by atoms with Crippen molar-refractivity contribution in [2.24, 2.45) is 10.9 Å². The third kappa shape index (κ3) is 3.83. The molecule has 1 atom stereocenters. The van der Waals surface area contributed by atoms with Crippen LogP contribution in [-0.2, 0) is 4.74 Å². The summed E-state index contributed by atoms with van der Waals surface area (Å²) in [7, 11) is 1.88. The third-order valence-corrected chi connectivity index (χ3v) is 5.28. The van der Waals surface area contributed by atoms with E-state index in [1.807, 2.05) is 7.05 Å². The number of anilines is 1. The van der Waals surface area contributed by atoms with Gasteiger partial charge in [-0.15, -0.1) is 0 Å². The molecule has 0 aromatic heterocycles. The molecular weight excluding hydrogens is 300 g/mol. The number of hydrogen-bond acceptors (Lipinski definition) is 3. The predicted octanol–water partition coefficient (Wildman–Crippen LogP) is 2.04. The maximum atomic E-state index is 5.45. The van der Waals surface area contributed by atoms with E-state index in [-0.39, 0.29) is 0 Å². The van der Waals surface area contributed by atoms with E-state index in [2.05, 4.69) is 52.2 Å². The molecular formula is C19H30N4O. The molecule has 1 aromatic carbocycles. The number of piperazine rings is 1. The van der Waals surface area contributed by atoms with E-state index in [4.69, 9.17) is 4.74 Å². The largest absolute Gasteiger partial charge is 0.381 e. The third-order valence-electron chi connectivity index (χ3n) is 5.28. The monoisotopic (exact) mass is 330 g/mol. The molecule has 5 nitrogen and oxygen atoms in total. The lowest BCUT2D eigenvalue weighted by atomic mass is 10.1. The molecule has 2 aliphatic heterocycles. The van der Waals surface area contributed by atoms with Crippen LogP contribution in [0, 0.1) is 19.8 Å².